The van der Waals surface area contributed by atoms with Gasteiger partial charge in [-0.1, -0.05) is 29.5 Å². The lowest BCUT2D eigenvalue weighted by Crippen LogP contribution is -2.56. The predicted octanol–water partition coefficient (Wildman–Crippen LogP) is 0.324. The van der Waals surface area contributed by atoms with Crippen molar-refractivity contribution in [2.45, 2.75) is 48.0 Å². The zero-order valence-electron chi connectivity index (χ0n) is 14.8. The number of likely N-dealkylation sites (tertiary alicyclic amines) is 1. The Labute approximate surface area is 162 Å². The largest absolute Gasteiger partial charge is 0.388 e. The number of benzene rings is 1. The molecule has 0 aliphatic carbocycles. The van der Waals surface area contributed by atoms with E-state index in [0.29, 0.717) is 0 Å². The fourth-order valence-corrected chi connectivity index (χ4v) is 5.34. The number of aliphatic hydroxyl groups excluding tert-OH is 2. The van der Waals surface area contributed by atoms with Gasteiger partial charge in [0.15, 0.2) is 5.17 Å². The fraction of sp³-hybridized carbons (Fsp3) is 0.588. The molecule has 0 radical (unpaired) electrons. The predicted molar refractivity (Wildman–Crippen MR) is 100.0 cm³/mol. The van der Waals surface area contributed by atoms with Crippen LogP contribution in [-0.2, 0) is 19.0 Å². The van der Waals surface area contributed by atoms with Gasteiger partial charge in [-0.05, 0) is 25.5 Å². The highest BCUT2D eigenvalue weighted by atomic mass is 32.2. The molecule has 2 saturated heterocycles. The van der Waals surface area contributed by atoms with E-state index >= 15 is 0 Å². The lowest BCUT2D eigenvalue weighted by molar-refractivity contribution is -0.161. The first kappa shape index (κ1) is 19.2. The molecule has 2 N–H and O–H groups in total. The highest BCUT2D eigenvalue weighted by molar-refractivity contribution is 8.14. The van der Waals surface area contributed by atoms with Gasteiger partial charge in [0.25, 0.3) is 10.1 Å². The summed E-state index contributed by atoms with van der Waals surface area (Å²) in [5.41, 5.74) is 0.472. The molecular formula is C17H22N2O6S2. The molecule has 1 aromatic carbocycles. The quantitative estimate of drug-likeness (QED) is 0.679. The van der Waals surface area contributed by atoms with Crippen LogP contribution < -0.4 is 0 Å². The van der Waals surface area contributed by atoms with Gasteiger partial charge in [-0.3, -0.25) is 9.18 Å². The van der Waals surface area contributed by atoms with E-state index < -0.39 is 39.9 Å². The summed E-state index contributed by atoms with van der Waals surface area (Å²) in [7, 11) is -3.97. The van der Waals surface area contributed by atoms with Gasteiger partial charge in [0.1, 0.15) is 29.8 Å². The van der Waals surface area contributed by atoms with E-state index in [-0.39, 0.29) is 11.5 Å². The SMILES string of the molecule is Cc1ccc(S(=O)(=O)OC[C@H]2O[C@@H]3SC(N4CCC4)=N[C@@H]3[C@@H](O)[C@H]2O)cc1. The van der Waals surface area contributed by atoms with Crippen molar-refractivity contribution in [3.63, 3.8) is 0 Å². The minimum Gasteiger partial charge on any atom is -0.388 e. The minimum atomic E-state index is -3.97. The smallest absolute Gasteiger partial charge is 0.297 e. The number of nitrogens with zero attached hydrogens (tertiary/aromatic N) is 2. The third kappa shape index (κ3) is 3.74. The molecule has 0 bridgehead atoms. The van der Waals surface area contributed by atoms with Crippen molar-refractivity contribution in [2.24, 2.45) is 4.99 Å². The monoisotopic (exact) mass is 414 g/mol. The highest BCUT2D eigenvalue weighted by Crippen LogP contribution is 2.38. The Bertz CT molecular complexity index is 824. The van der Waals surface area contributed by atoms with Crippen LogP contribution in [0.15, 0.2) is 34.2 Å². The standard InChI is InChI=1S/C17H22N2O6S2/c1-10-3-5-11(6-4-10)27(22,23)24-9-12-14(20)15(21)13-16(25-12)26-17(18-13)19-7-2-8-19/h3-6,12-16,20-21H,2,7-9H2,1H3/t12-,13-,14+,15-,16-/m1/s1. The second-order valence-electron chi connectivity index (χ2n) is 6.94. The number of rotatable bonds is 4. The van der Waals surface area contributed by atoms with E-state index in [2.05, 4.69) is 9.89 Å². The number of hydrogen-bond donors (Lipinski definition) is 2. The van der Waals surface area contributed by atoms with E-state index in [0.717, 1.165) is 30.2 Å². The van der Waals surface area contributed by atoms with E-state index in [4.69, 9.17) is 8.92 Å². The van der Waals surface area contributed by atoms with Gasteiger partial charge < -0.3 is 19.8 Å². The molecule has 2 fully saturated rings. The van der Waals surface area contributed by atoms with Gasteiger partial charge in [0, 0.05) is 13.1 Å². The molecule has 1 aromatic rings. The zero-order valence-corrected chi connectivity index (χ0v) is 16.4. The summed E-state index contributed by atoms with van der Waals surface area (Å²) in [5.74, 6) is 0. The molecule has 0 amide bonds. The molecule has 3 heterocycles. The van der Waals surface area contributed by atoms with Crippen LogP contribution in [0.5, 0.6) is 0 Å². The average Bonchev–Trinajstić information content (AvgIpc) is 2.99. The summed E-state index contributed by atoms with van der Waals surface area (Å²) < 4.78 is 35.6. The first-order valence-electron chi connectivity index (χ1n) is 8.82. The molecule has 148 valence electrons. The van der Waals surface area contributed by atoms with E-state index in [1.807, 2.05) is 6.92 Å². The van der Waals surface area contributed by atoms with Gasteiger partial charge in [-0.15, -0.1) is 0 Å². The number of ether oxygens (including phenoxy) is 1. The molecule has 0 saturated carbocycles. The molecular weight excluding hydrogens is 392 g/mol. The Kier molecular flexibility index (Phi) is 5.21. The minimum absolute atomic E-state index is 0.0375. The molecule has 8 nitrogen and oxygen atoms in total. The lowest BCUT2D eigenvalue weighted by atomic mass is 9.99. The first-order valence-corrected chi connectivity index (χ1v) is 11.1. The average molecular weight is 415 g/mol. The summed E-state index contributed by atoms with van der Waals surface area (Å²) >= 11 is 1.40. The Hall–Kier alpha value is -1.17. The lowest BCUT2D eigenvalue weighted by Gasteiger charge is -2.38. The molecule has 10 heteroatoms. The van der Waals surface area contributed by atoms with Gasteiger partial charge >= 0.3 is 0 Å². The zero-order chi connectivity index (χ0) is 19.2. The molecule has 3 aliphatic rings. The topological polar surface area (TPSA) is 109 Å². The summed E-state index contributed by atoms with van der Waals surface area (Å²) in [6.07, 6.45) is -2.26. The van der Waals surface area contributed by atoms with Gasteiger partial charge in [0.05, 0.1) is 11.5 Å². The maximum Gasteiger partial charge on any atom is 0.297 e. The normalized spacial score (nSPS) is 33.4. The maximum absolute atomic E-state index is 12.3. The van der Waals surface area contributed by atoms with Crippen molar-refractivity contribution in [1.82, 2.24) is 4.90 Å². The van der Waals surface area contributed by atoms with Crippen LogP contribution in [0.3, 0.4) is 0 Å². The van der Waals surface area contributed by atoms with Crippen molar-refractivity contribution >= 4 is 27.0 Å². The van der Waals surface area contributed by atoms with Crippen LogP contribution in [-0.4, -0.2) is 78.2 Å². The Morgan fingerprint density at radius 1 is 1.26 bits per heavy atom. The molecule has 0 aromatic heterocycles. The van der Waals surface area contributed by atoms with Crippen molar-refractivity contribution < 1.29 is 27.6 Å². The number of aliphatic hydroxyl groups is 2. The highest BCUT2D eigenvalue weighted by Gasteiger charge is 2.49. The molecule has 27 heavy (non-hydrogen) atoms. The first-order chi connectivity index (χ1) is 12.8. The second-order valence-corrected chi connectivity index (χ2v) is 9.62. The van der Waals surface area contributed by atoms with Crippen LogP contribution in [0.25, 0.3) is 0 Å². The van der Waals surface area contributed by atoms with Gasteiger partial charge in [0.2, 0.25) is 0 Å². The van der Waals surface area contributed by atoms with Crippen LogP contribution in [0, 0.1) is 6.92 Å². The van der Waals surface area contributed by atoms with Crippen molar-refractivity contribution in [3.8, 4) is 0 Å². The molecule has 5 atom stereocenters. The number of aliphatic imine (C=N–C) groups is 1. The molecule has 0 spiro atoms. The maximum atomic E-state index is 12.3. The fourth-order valence-electron chi connectivity index (χ4n) is 3.14. The molecule has 4 rings (SSSR count). The number of amidine groups is 1. The van der Waals surface area contributed by atoms with Crippen molar-refractivity contribution in [2.75, 3.05) is 19.7 Å². The van der Waals surface area contributed by atoms with Gasteiger partial charge in [-0.2, -0.15) is 8.42 Å². The number of thioether (sulfide) groups is 1. The van der Waals surface area contributed by atoms with Crippen LogP contribution in [0.4, 0.5) is 0 Å². The summed E-state index contributed by atoms with van der Waals surface area (Å²) in [4.78, 5) is 6.61. The number of fused-ring (bicyclic) bond motifs is 1. The second kappa shape index (κ2) is 7.34. The van der Waals surface area contributed by atoms with E-state index in [1.165, 1.54) is 23.9 Å². The summed E-state index contributed by atoms with van der Waals surface area (Å²) in [6.45, 7) is 3.32. The van der Waals surface area contributed by atoms with Crippen LogP contribution >= 0.6 is 11.8 Å². The summed E-state index contributed by atoms with van der Waals surface area (Å²) in [5, 5.41) is 21.6. The third-order valence-electron chi connectivity index (χ3n) is 4.97. The van der Waals surface area contributed by atoms with Gasteiger partial charge in [-0.25, -0.2) is 0 Å². The summed E-state index contributed by atoms with van der Waals surface area (Å²) in [6, 6.07) is 5.73. The number of aryl methyl sites for hydroxylation is 1. The Balaban J connectivity index is 1.41. The number of hydrogen-bond acceptors (Lipinski definition) is 9. The van der Waals surface area contributed by atoms with Crippen molar-refractivity contribution in [1.29, 1.82) is 0 Å². The Morgan fingerprint density at radius 3 is 2.59 bits per heavy atom. The van der Waals surface area contributed by atoms with Crippen molar-refractivity contribution in [3.05, 3.63) is 29.8 Å². The van der Waals surface area contributed by atoms with Crippen LogP contribution in [0.2, 0.25) is 0 Å². The third-order valence-corrected chi connectivity index (χ3v) is 7.47. The molecule has 0 unspecified atom stereocenters. The Morgan fingerprint density at radius 2 is 1.96 bits per heavy atom. The van der Waals surface area contributed by atoms with Crippen LogP contribution in [0.1, 0.15) is 12.0 Å². The van der Waals surface area contributed by atoms with E-state index in [9.17, 15) is 18.6 Å². The van der Waals surface area contributed by atoms with E-state index in [1.54, 1.807) is 12.1 Å². The molecule has 3 aliphatic heterocycles.